The Labute approximate surface area is 114 Å². The van der Waals surface area contributed by atoms with Crippen LogP contribution in [0.3, 0.4) is 0 Å². The fraction of sp³-hybridized carbons (Fsp3) is 0. The lowest BCUT2D eigenvalue weighted by Crippen LogP contribution is -1.94. The maximum atomic E-state index is 6.05. The number of rotatable bonds is 2. The van der Waals surface area contributed by atoms with E-state index in [4.69, 9.17) is 34.8 Å². The van der Waals surface area contributed by atoms with E-state index < -0.39 is 0 Å². The van der Waals surface area contributed by atoms with Gasteiger partial charge in [-0.1, -0.05) is 46.9 Å². The molecule has 0 unspecified atom stereocenters. The van der Waals surface area contributed by atoms with Crippen molar-refractivity contribution in [2.75, 3.05) is 0 Å². The van der Waals surface area contributed by atoms with Crippen LogP contribution in [0.15, 0.2) is 47.6 Å². The zero-order valence-corrected chi connectivity index (χ0v) is 10.8. The van der Waals surface area contributed by atoms with Crippen LogP contribution in [0.2, 0.25) is 10.0 Å². The van der Waals surface area contributed by atoms with Crippen LogP contribution in [0.5, 0.6) is 0 Å². The molecule has 86 valence electrons. The van der Waals surface area contributed by atoms with Gasteiger partial charge < -0.3 is 0 Å². The van der Waals surface area contributed by atoms with Gasteiger partial charge in [0.2, 0.25) is 0 Å². The summed E-state index contributed by atoms with van der Waals surface area (Å²) in [5.74, 6) is 0. The van der Waals surface area contributed by atoms with Crippen LogP contribution >= 0.6 is 34.8 Å². The number of aromatic nitrogens is 1. The summed E-state index contributed by atoms with van der Waals surface area (Å²) >= 11 is 17.8. The summed E-state index contributed by atoms with van der Waals surface area (Å²) in [6, 6.07) is 10.6. The molecule has 5 heteroatoms. The van der Waals surface area contributed by atoms with Gasteiger partial charge in [-0.05, 0) is 24.3 Å². The summed E-state index contributed by atoms with van der Waals surface area (Å²) in [7, 11) is 0. The Morgan fingerprint density at radius 3 is 2.47 bits per heavy atom. The molecule has 0 aliphatic carbocycles. The van der Waals surface area contributed by atoms with Crippen molar-refractivity contribution >= 4 is 45.7 Å². The van der Waals surface area contributed by atoms with Gasteiger partial charge in [-0.15, -0.1) is 0 Å². The fourth-order valence-corrected chi connectivity index (χ4v) is 1.70. The minimum atomic E-state index is 0.273. The van der Waals surface area contributed by atoms with Crippen molar-refractivity contribution in [1.82, 2.24) is 4.98 Å². The fourth-order valence-electron chi connectivity index (χ4n) is 1.20. The quantitative estimate of drug-likeness (QED) is 0.734. The second-order valence-electron chi connectivity index (χ2n) is 3.22. The zero-order chi connectivity index (χ0) is 12.3. The Hall–Kier alpha value is -1.09. The van der Waals surface area contributed by atoms with E-state index in [2.05, 4.69) is 9.98 Å². The lowest BCUT2D eigenvalue weighted by atomic mass is 10.3. The van der Waals surface area contributed by atoms with Crippen molar-refractivity contribution in [3.63, 3.8) is 0 Å². The largest absolute Gasteiger partial charge is 0.252 e. The molecule has 0 atom stereocenters. The third-order valence-corrected chi connectivity index (χ3v) is 2.83. The van der Waals surface area contributed by atoms with Gasteiger partial charge in [-0.25, -0.2) is 4.99 Å². The number of hydrogen-bond donors (Lipinski definition) is 0. The first-order chi connectivity index (χ1) is 8.16. The van der Waals surface area contributed by atoms with E-state index in [1.54, 1.807) is 24.3 Å². The standard InChI is InChI=1S/C12H7Cl3N2/c13-8-5-6-11(16-7-8)12(15)17-10-4-2-1-3-9(10)14/h1-7H. The number of pyridine rings is 1. The SMILES string of the molecule is ClC(=Nc1ccccc1Cl)c1ccc(Cl)cn1. The summed E-state index contributed by atoms with van der Waals surface area (Å²) in [6.07, 6.45) is 1.52. The normalized spacial score (nSPS) is 11.6. The minimum Gasteiger partial charge on any atom is -0.252 e. The topological polar surface area (TPSA) is 25.2 Å². The molecule has 2 aromatic rings. The number of aliphatic imine (C=N–C) groups is 1. The van der Waals surface area contributed by atoms with Crippen LogP contribution in [0, 0.1) is 0 Å². The Balaban J connectivity index is 2.34. The number of hydrogen-bond acceptors (Lipinski definition) is 2. The lowest BCUT2D eigenvalue weighted by molar-refractivity contribution is 1.29. The van der Waals surface area contributed by atoms with Crippen LogP contribution in [0.4, 0.5) is 5.69 Å². The molecule has 2 nitrogen and oxygen atoms in total. The molecule has 2 rings (SSSR count). The highest BCUT2D eigenvalue weighted by Crippen LogP contribution is 2.25. The van der Waals surface area contributed by atoms with Gasteiger partial charge in [-0.3, -0.25) is 4.98 Å². The van der Waals surface area contributed by atoms with Gasteiger partial charge in [-0.2, -0.15) is 0 Å². The van der Waals surface area contributed by atoms with E-state index in [0.717, 1.165) is 0 Å². The second-order valence-corrected chi connectivity index (χ2v) is 4.42. The van der Waals surface area contributed by atoms with Gasteiger partial charge in [0.1, 0.15) is 5.69 Å². The van der Waals surface area contributed by atoms with E-state index in [1.165, 1.54) is 6.20 Å². The third-order valence-electron chi connectivity index (χ3n) is 2.01. The van der Waals surface area contributed by atoms with Crippen molar-refractivity contribution < 1.29 is 0 Å². The van der Waals surface area contributed by atoms with Crippen molar-refractivity contribution in [1.29, 1.82) is 0 Å². The second kappa shape index (κ2) is 5.50. The molecule has 1 heterocycles. The Kier molecular flexibility index (Phi) is 4.00. The monoisotopic (exact) mass is 284 g/mol. The van der Waals surface area contributed by atoms with Crippen LogP contribution in [-0.4, -0.2) is 10.2 Å². The van der Waals surface area contributed by atoms with E-state index >= 15 is 0 Å². The molecule has 0 fully saturated rings. The molecule has 0 saturated heterocycles. The molecule has 0 spiro atoms. The molecular weight excluding hydrogens is 279 g/mol. The van der Waals surface area contributed by atoms with Gasteiger partial charge in [0, 0.05) is 6.20 Å². The summed E-state index contributed by atoms with van der Waals surface area (Å²) in [5, 5.41) is 1.37. The summed E-state index contributed by atoms with van der Waals surface area (Å²) < 4.78 is 0. The molecular formula is C12H7Cl3N2. The summed E-state index contributed by atoms with van der Waals surface area (Å²) in [4.78, 5) is 8.27. The van der Waals surface area contributed by atoms with Gasteiger partial charge >= 0.3 is 0 Å². The van der Waals surface area contributed by atoms with E-state index in [1.807, 2.05) is 12.1 Å². The molecule has 17 heavy (non-hydrogen) atoms. The van der Waals surface area contributed by atoms with Crippen LogP contribution < -0.4 is 0 Å². The highest BCUT2D eigenvalue weighted by atomic mass is 35.5. The van der Waals surface area contributed by atoms with Gasteiger partial charge in [0.25, 0.3) is 0 Å². The molecule has 0 bridgehead atoms. The highest BCUT2D eigenvalue weighted by Gasteiger charge is 2.03. The Morgan fingerprint density at radius 1 is 1.06 bits per heavy atom. The van der Waals surface area contributed by atoms with Crippen molar-refractivity contribution in [3.8, 4) is 0 Å². The van der Waals surface area contributed by atoms with Crippen LogP contribution in [0.25, 0.3) is 0 Å². The molecule has 0 amide bonds. The van der Waals surface area contributed by atoms with Crippen molar-refractivity contribution in [2.24, 2.45) is 4.99 Å². The molecule has 0 N–H and O–H groups in total. The molecule has 1 aromatic heterocycles. The molecule has 1 aromatic carbocycles. The first-order valence-corrected chi connectivity index (χ1v) is 5.91. The average Bonchev–Trinajstić information content (AvgIpc) is 2.33. The Bertz CT molecular complexity index is 550. The molecule has 0 saturated carbocycles. The predicted octanol–water partition coefficient (Wildman–Crippen LogP) is 4.71. The maximum absolute atomic E-state index is 6.05. The zero-order valence-electron chi connectivity index (χ0n) is 8.57. The number of halogens is 3. The first kappa shape index (κ1) is 12.4. The maximum Gasteiger partial charge on any atom is 0.155 e. The van der Waals surface area contributed by atoms with Gasteiger partial charge in [0.15, 0.2) is 5.17 Å². The van der Waals surface area contributed by atoms with Crippen LogP contribution in [-0.2, 0) is 0 Å². The van der Waals surface area contributed by atoms with Crippen molar-refractivity contribution in [2.45, 2.75) is 0 Å². The lowest BCUT2D eigenvalue weighted by Gasteiger charge is -2.00. The van der Waals surface area contributed by atoms with E-state index in [-0.39, 0.29) is 5.17 Å². The van der Waals surface area contributed by atoms with Gasteiger partial charge in [0.05, 0.1) is 15.7 Å². The smallest absolute Gasteiger partial charge is 0.155 e. The summed E-state index contributed by atoms with van der Waals surface area (Å²) in [6.45, 7) is 0. The Morgan fingerprint density at radius 2 is 1.82 bits per heavy atom. The predicted molar refractivity (Wildman–Crippen MR) is 72.7 cm³/mol. The summed E-state index contributed by atoms with van der Waals surface area (Å²) in [5.41, 5.74) is 1.16. The van der Waals surface area contributed by atoms with Crippen molar-refractivity contribution in [3.05, 3.63) is 58.3 Å². The average molecular weight is 286 g/mol. The third kappa shape index (κ3) is 3.19. The highest BCUT2D eigenvalue weighted by molar-refractivity contribution is 6.69. The molecule has 0 radical (unpaired) electrons. The molecule has 0 aliphatic heterocycles. The number of para-hydroxylation sites is 1. The molecule has 0 aliphatic rings. The number of nitrogens with zero attached hydrogens (tertiary/aromatic N) is 2. The van der Waals surface area contributed by atoms with Crippen LogP contribution in [0.1, 0.15) is 5.69 Å². The van der Waals surface area contributed by atoms with E-state index in [9.17, 15) is 0 Å². The minimum absolute atomic E-state index is 0.273. The van der Waals surface area contributed by atoms with E-state index in [0.29, 0.717) is 21.4 Å². The number of benzene rings is 1. The first-order valence-electron chi connectivity index (χ1n) is 4.77.